The molecule has 0 unspecified atom stereocenters. The van der Waals surface area contributed by atoms with E-state index in [9.17, 15) is 13.2 Å². The van der Waals surface area contributed by atoms with Gasteiger partial charge >= 0.3 is 6.03 Å². The Balaban J connectivity index is 1.51. The topological polar surface area (TPSA) is 120 Å². The summed E-state index contributed by atoms with van der Waals surface area (Å²) in [5.41, 5.74) is 1.51. The lowest BCUT2D eigenvalue weighted by molar-refractivity contribution is 0.238. The number of sulfonamides is 1. The molecule has 0 aliphatic carbocycles. The second-order valence-electron chi connectivity index (χ2n) is 6.36. The van der Waals surface area contributed by atoms with Crippen molar-refractivity contribution in [3.8, 4) is 11.4 Å². The van der Waals surface area contributed by atoms with Crippen molar-refractivity contribution in [2.24, 2.45) is 0 Å². The lowest BCUT2D eigenvalue weighted by Gasteiger charge is -2.30. The number of rotatable bonds is 4. The summed E-state index contributed by atoms with van der Waals surface area (Å²) < 4.78 is 24.4. The first-order valence-corrected chi connectivity index (χ1v) is 10.2. The van der Waals surface area contributed by atoms with Crippen molar-refractivity contribution in [1.82, 2.24) is 24.8 Å². The molecule has 26 heavy (non-hydrogen) atoms. The highest BCUT2D eigenvalue weighted by molar-refractivity contribution is 7.88. The molecule has 0 bridgehead atoms. The summed E-state index contributed by atoms with van der Waals surface area (Å²) in [5.74, 6) is 1.35. The van der Waals surface area contributed by atoms with Gasteiger partial charge in [-0.25, -0.2) is 22.5 Å². The van der Waals surface area contributed by atoms with E-state index in [1.54, 1.807) is 12.1 Å². The molecule has 1 aromatic carbocycles. The molecule has 0 radical (unpaired) electrons. The van der Waals surface area contributed by atoms with Crippen molar-refractivity contribution in [3.05, 3.63) is 30.1 Å². The van der Waals surface area contributed by atoms with E-state index >= 15 is 0 Å². The number of aromatic amines is 1. The average molecular weight is 378 g/mol. The summed E-state index contributed by atoms with van der Waals surface area (Å²) in [7, 11) is -3.16. The van der Waals surface area contributed by atoms with Crippen molar-refractivity contribution in [2.45, 2.75) is 25.8 Å². The van der Waals surface area contributed by atoms with E-state index in [1.165, 1.54) is 10.6 Å². The van der Waals surface area contributed by atoms with E-state index in [4.69, 9.17) is 0 Å². The van der Waals surface area contributed by atoms with Gasteiger partial charge in [0.05, 0.1) is 6.26 Å². The third-order valence-electron chi connectivity index (χ3n) is 4.26. The van der Waals surface area contributed by atoms with Crippen LogP contribution in [-0.2, 0) is 10.0 Å². The Labute approximate surface area is 152 Å². The SMILES string of the molecule is Cc1nc(-c2ccc(NC(=O)NC3CCN(S(C)(=O)=O)CC3)cc2)n[nH]1. The predicted molar refractivity (Wildman–Crippen MR) is 98.1 cm³/mol. The van der Waals surface area contributed by atoms with E-state index in [-0.39, 0.29) is 12.1 Å². The van der Waals surface area contributed by atoms with Gasteiger partial charge in [-0.05, 0) is 44.0 Å². The van der Waals surface area contributed by atoms with E-state index in [0.717, 1.165) is 11.4 Å². The summed E-state index contributed by atoms with van der Waals surface area (Å²) in [5, 5.41) is 12.6. The number of H-pyrrole nitrogens is 1. The molecule has 0 spiro atoms. The van der Waals surface area contributed by atoms with Gasteiger partial charge in [0.15, 0.2) is 5.82 Å². The molecule has 1 aliphatic rings. The molecule has 0 atom stereocenters. The molecule has 10 heteroatoms. The number of piperidine rings is 1. The minimum absolute atomic E-state index is 0.0384. The predicted octanol–water partition coefficient (Wildman–Crippen LogP) is 1.33. The number of anilines is 1. The maximum atomic E-state index is 12.1. The minimum Gasteiger partial charge on any atom is -0.335 e. The summed E-state index contributed by atoms with van der Waals surface area (Å²) in [6, 6.07) is 6.90. The van der Waals surface area contributed by atoms with Gasteiger partial charge in [0.1, 0.15) is 5.82 Å². The maximum absolute atomic E-state index is 12.1. The number of hydrogen-bond acceptors (Lipinski definition) is 5. The quantitative estimate of drug-likeness (QED) is 0.741. The Bertz CT molecular complexity index is 870. The summed E-state index contributed by atoms with van der Waals surface area (Å²) >= 11 is 0. The summed E-state index contributed by atoms with van der Waals surface area (Å²) in [6.45, 7) is 2.68. The highest BCUT2D eigenvalue weighted by Crippen LogP contribution is 2.18. The van der Waals surface area contributed by atoms with Crippen LogP contribution in [0.5, 0.6) is 0 Å². The number of amides is 2. The van der Waals surface area contributed by atoms with Crippen molar-refractivity contribution >= 4 is 21.7 Å². The first-order chi connectivity index (χ1) is 12.3. The molecule has 2 aromatic rings. The monoisotopic (exact) mass is 378 g/mol. The van der Waals surface area contributed by atoms with Crippen LogP contribution in [0.3, 0.4) is 0 Å². The van der Waals surface area contributed by atoms with Gasteiger partial charge < -0.3 is 10.6 Å². The average Bonchev–Trinajstić information content (AvgIpc) is 3.01. The highest BCUT2D eigenvalue weighted by atomic mass is 32.2. The number of benzene rings is 1. The normalized spacial score (nSPS) is 16.4. The molecule has 3 N–H and O–H groups in total. The van der Waals surface area contributed by atoms with Gasteiger partial charge in [0.25, 0.3) is 0 Å². The van der Waals surface area contributed by atoms with Gasteiger partial charge in [0.2, 0.25) is 10.0 Å². The van der Waals surface area contributed by atoms with E-state index in [1.807, 2.05) is 19.1 Å². The van der Waals surface area contributed by atoms with Crippen LogP contribution in [0.1, 0.15) is 18.7 Å². The van der Waals surface area contributed by atoms with Crippen molar-refractivity contribution in [2.75, 3.05) is 24.7 Å². The molecular formula is C16H22N6O3S. The Kier molecular flexibility index (Phi) is 5.23. The first kappa shape index (κ1) is 18.3. The van der Waals surface area contributed by atoms with Crippen LogP contribution in [0, 0.1) is 6.92 Å². The number of nitrogens with zero attached hydrogens (tertiary/aromatic N) is 3. The third kappa shape index (κ3) is 4.58. The number of nitrogens with one attached hydrogen (secondary N) is 3. The summed E-state index contributed by atoms with van der Waals surface area (Å²) in [6.07, 6.45) is 2.41. The van der Waals surface area contributed by atoms with Crippen molar-refractivity contribution in [3.63, 3.8) is 0 Å². The van der Waals surface area contributed by atoms with Crippen molar-refractivity contribution in [1.29, 1.82) is 0 Å². The fraction of sp³-hybridized carbons (Fsp3) is 0.438. The standard InChI is InChI=1S/C16H22N6O3S/c1-11-17-15(21-20-11)12-3-5-13(6-4-12)18-16(23)19-14-7-9-22(10-8-14)26(2,24)25/h3-6,14H,7-10H2,1-2H3,(H,17,20,21)(H2,18,19,23). The Morgan fingerprint density at radius 3 is 2.42 bits per heavy atom. The van der Waals surface area contributed by atoms with Crippen LogP contribution >= 0.6 is 0 Å². The summed E-state index contributed by atoms with van der Waals surface area (Å²) in [4.78, 5) is 16.4. The van der Waals surface area contributed by atoms with Gasteiger partial charge in [0, 0.05) is 30.4 Å². The second kappa shape index (κ2) is 7.42. The minimum atomic E-state index is -3.16. The smallest absolute Gasteiger partial charge is 0.319 e. The molecular weight excluding hydrogens is 356 g/mol. The zero-order valence-electron chi connectivity index (χ0n) is 14.7. The number of aromatic nitrogens is 3. The molecule has 1 fully saturated rings. The van der Waals surface area contributed by atoms with E-state index in [2.05, 4.69) is 25.8 Å². The van der Waals surface area contributed by atoms with Crippen molar-refractivity contribution < 1.29 is 13.2 Å². The molecule has 2 heterocycles. The van der Waals surface area contributed by atoms with Crippen LogP contribution in [0.25, 0.3) is 11.4 Å². The fourth-order valence-corrected chi connectivity index (χ4v) is 3.73. The molecule has 9 nitrogen and oxygen atoms in total. The molecule has 1 saturated heterocycles. The van der Waals surface area contributed by atoms with Gasteiger partial charge in [-0.1, -0.05) is 0 Å². The number of aryl methyl sites for hydroxylation is 1. The van der Waals surface area contributed by atoms with E-state index < -0.39 is 10.0 Å². The van der Waals surface area contributed by atoms with Gasteiger partial charge in [-0.15, -0.1) is 0 Å². The van der Waals surface area contributed by atoms with E-state index in [0.29, 0.717) is 37.4 Å². The highest BCUT2D eigenvalue weighted by Gasteiger charge is 2.25. The Hall–Kier alpha value is -2.46. The first-order valence-electron chi connectivity index (χ1n) is 8.33. The van der Waals surface area contributed by atoms with Crippen LogP contribution in [0.4, 0.5) is 10.5 Å². The number of carbonyl (C=O) groups is 1. The zero-order valence-corrected chi connectivity index (χ0v) is 15.5. The van der Waals surface area contributed by atoms with Crippen LogP contribution in [-0.4, -0.2) is 59.3 Å². The van der Waals surface area contributed by atoms with Crippen LogP contribution < -0.4 is 10.6 Å². The largest absolute Gasteiger partial charge is 0.335 e. The molecule has 1 aliphatic heterocycles. The Morgan fingerprint density at radius 1 is 1.23 bits per heavy atom. The Morgan fingerprint density at radius 2 is 1.88 bits per heavy atom. The number of urea groups is 1. The van der Waals surface area contributed by atoms with Gasteiger partial charge in [-0.2, -0.15) is 5.10 Å². The molecule has 0 saturated carbocycles. The van der Waals surface area contributed by atoms with Crippen LogP contribution in [0.2, 0.25) is 0 Å². The second-order valence-corrected chi connectivity index (χ2v) is 8.34. The molecule has 3 rings (SSSR count). The maximum Gasteiger partial charge on any atom is 0.319 e. The zero-order chi connectivity index (χ0) is 18.7. The molecule has 140 valence electrons. The fourth-order valence-electron chi connectivity index (χ4n) is 2.86. The molecule has 2 amide bonds. The van der Waals surface area contributed by atoms with Gasteiger partial charge in [-0.3, -0.25) is 5.10 Å². The lowest BCUT2D eigenvalue weighted by Crippen LogP contribution is -2.47. The van der Waals surface area contributed by atoms with Crippen LogP contribution in [0.15, 0.2) is 24.3 Å². The molecule has 1 aromatic heterocycles. The number of carbonyl (C=O) groups excluding carboxylic acids is 1. The number of hydrogen-bond donors (Lipinski definition) is 3. The lowest BCUT2D eigenvalue weighted by atomic mass is 10.1. The third-order valence-corrected chi connectivity index (χ3v) is 5.56.